The third kappa shape index (κ3) is 4.99. The van der Waals surface area contributed by atoms with Gasteiger partial charge in [0.1, 0.15) is 11.5 Å². The number of benzene rings is 1. The molecule has 5 nitrogen and oxygen atoms in total. The van der Waals surface area contributed by atoms with Gasteiger partial charge in [0.2, 0.25) is 0 Å². The van der Waals surface area contributed by atoms with Crippen molar-refractivity contribution in [2.24, 2.45) is 0 Å². The van der Waals surface area contributed by atoms with Crippen LogP contribution >= 0.6 is 11.3 Å². The van der Waals surface area contributed by atoms with Crippen molar-refractivity contribution < 1.29 is 13.9 Å². The summed E-state index contributed by atoms with van der Waals surface area (Å²) in [6, 6.07) is 5.42. The zero-order valence-corrected chi connectivity index (χ0v) is 19.5. The Labute approximate surface area is 188 Å². The fraction of sp³-hybridized carbons (Fsp3) is 0.583. The molecule has 1 amide bonds. The number of hydrogen-bond acceptors (Lipinski definition) is 5. The summed E-state index contributed by atoms with van der Waals surface area (Å²) >= 11 is 1.55. The summed E-state index contributed by atoms with van der Waals surface area (Å²) in [5.41, 5.74) is 2.18. The first-order chi connectivity index (χ1) is 14.9. The van der Waals surface area contributed by atoms with Gasteiger partial charge in [0.25, 0.3) is 5.91 Å². The monoisotopic (exact) mass is 445 g/mol. The van der Waals surface area contributed by atoms with Crippen LogP contribution in [0.5, 0.6) is 0 Å². The Balaban J connectivity index is 1.37. The Hall–Kier alpha value is -1.83. The van der Waals surface area contributed by atoms with Crippen LogP contribution in [0.4, 0.5) is 4.39 Å². The zero-order valence-electron chi connectivity index (χ0n) is 18.7. The van der Waals surface area contributed by atoms with Crippen molar-refractivity contribution in [1.29, 1.82) is 0 Å². The number of likely N-dealkylation sites (tertiary alicyclic amines) is 1. The third-order valence-electron chi connectivity index (χ3n) is 6.45. The number of carbonyl (C=O) groups excluding carboxylic acids is 1. The predicted molar refractivity (Wildman–Crippen MR) is 121 cm³/mol. The van der Waals surface area contributed by atoms with Crippen molar-refractivity contribution in [1.82, 2.24) is 14.8 Å². The number of rotatable bonds is 5. The molecule has 2 aliphatic heterocycles. The van der Waals surface area contributed by atoms with Crippen molar-refractivity contribution >= 4 is 17.2 Å². The lowest BCUT2D eigenvalue weighted by atomic mass is 9.89. The molecule has 3 heterocycles. The third-order valence-corrected chi connectivity index (χ3v) is 7.60. The molecular weight excluding hydrogens is 413 g/mol. The van der Waals surface area contributed by atoms with E-state index in [-0.39, 0.29) is 17.3 Å². The summed E-state index contributed by atoms with van der Waals surface area (Å²) in [5, 5.41) is 2.88. The first-order valence-corrected chi connectivity index (χ1v) is 12.2. The Morgan fingerprint density at radius 3 is 2.74 bits per heavy atom. The van der Waals surface area contributed by atoms with Gasteiger partial charge in [0.15, 0.2) is 0 Å². The lowest BCUT2D eigenvalue weighted by molar-refractivity contribution is -0.128. The van der Waals surface area contributed by atoms with Crippen LogP contribution in [0.25, 0.3) is 0 Å². The van der Waals surface area contributed by atoms with E-state index in [2.05, 4.69) is 30.7 Å². The Kier molecular flexibility index (Phi) is 6.74. The van der Waals surface area contributed by atoms with E-state index >= 15 is 0 Å². The normalized spacial score (nSPS) is 19.3. The van der Waals surface area contributed by atoms with Crippen LogP contribution < -0.4 is 0 Å². The molecule has 168 valence electrons. The molecule has 1 spiro atoms. The second-order valence-electron chi connectivity index (χ2n) is 9.04. The van der Waals surface area contributed by atoms with Crippen molar-refractivity contribution in [3.8, 4) is 0 Å². The summed E-state index contributed by atoms with van der Waals surface area (Å²) in [6.07, 6.45) is 2.60. The van der Waals surface area contributed by atoms with Crippen molar-refractivity contribution in [2.45, 2.75) is 58.1 Å². The average Bonchev–Trinajstić information content (AvgIpc) is 3.27. The highest BCUT2D eigenvalue weighted by Crippen LogP contribution is 2.32. The molecule has 0 bridgehead atoms. The average molecular weight is 446 g/mol. The number of thiazole rings is 1. The number of aromatic nitrogens is 1. The van der Waals surface area contributed by atoms with E-state index in [1.54, 1.807) is 17.4 Å². The molecular formula is C24H32FN3O2S. The van der Waals surface area contributed by atoms with Gasteiger partial charge in [-0.15, -0.1) is 11.3 Å². The van der Waals surface area contributed by atoms with Crippen LogP contribution in [0.2, 0.25) is 0 Å². The number of hydrogen-bond donors (Lipinski definition) is 0. The number of nitrogens with zero attached hydrogens (tertiary/aromatic N) is 3. The number of piperidine rings is 1. The first-order valence-electron chi connectivity index (χ1n) is 11.3. The summed E-state index contributed by atoms with van der Waals surface area (Å²) in [6.45, 7) is 10.3. The van der Waals surface area contributed by atoms with Gasteiger partial charge in [0.05, 0.1) is 23.8 Å². The van der Waals surface area contributed by atoms with E-state index in [4.69, 9.17) is 4.74 Å². The molecule has 2 fully saturated rings. The number of morpholine rings is 1. The standard InChI is InChI=1S/C24H32FN3O2S/c1-4-18-5-6-20(25)19(13-18)14-27-9-7-24(8-10-27)16-28(11-12-30-24)23(29)21-15-31-22(26-21)17(2)3/h5-6,13,15,17H,4,7-12,14,16H2,1-3H3. The molecule has 2 aromatic rings. The van der Waals surface area contributed by atoms with Crippen LogP contribution in [0, 0.1) is 5.82 Å². The van der Waals surface area contributed by atoms with Crippen LogP contribution in [-0.2, 0) is 17.7 Å². The summed E-state index contributed by atoms with van der Waals surface area (Å²) in [4.78, 5) is 21.8. The quantitative estimate of drug-likeness (QED) is 0.681. The molecule has 0 saturated carbocycles. The Morgan fingerprint density at radius 2 is 2.06 bits per heavy atom. The zero-order chi connectivity index (χ0) is 22.0. The minimum absolute atomic E-state index is 0.00621. The molecule has 0 aliphatic carbocycles. The number of amides is 1. The summed E-state index contributed by atoms with van der Waals surface area (Å²) < 4.78 is 20.5. The maximum Gasteiger partial charge on any atom is 0.273 e. The van der Waals surface area contributed by atoms with Crippen LogP contribution in [-0.4, -0.2) is 59.1 Å². The maximum absolute atomic E-state index is 14.3. The van der Waals surface area contributed by atoms with Gasteiger partial charge >= 0.3 is 0 Å². The van der Waals surface area contributed by atoms with Gasteiger partial charge < -0.3 is 9.64 Å². The Morgan fingerprint density at radius 1 is 1.29 bits per heavy atom. The summed E-state index contributed by atoms with van der Waals surface area (Å²) in [7, 11) is 0. The van der Waals surface area contributed by atoms with Gasteiger partial charge in [-0.05, 0) is 30.9 Å². The highest BCUT2D eigenvalue weighted by molar-refractivity contribution is 7.09. The number of carbonyl (C=O) groups is 1. The smallest absolute Gasteiger partial charge is 0.273 e. The number of halogens is 1. The molecule has 1 aromatic carbocycles. The minimum atomic E-state index is -0.300. The first kappa shape index (κ1) is 22.4. The molecule has 7 heteroatoms. The van der Waals surface area contributed by atoms with E-state index in [0.29, 0.717) is 37.9 Å². The van der Waals surface area contributed by atoms with Gasteiger partial charge in [-0.2, -0.15) is 0 Å². The van der Waals surface area contributed by atoms with E-state index in [1.807, 2.05) is 22.4 Å². The predicted octanol–water partition coefficient (Wildman–Crippen LogP) is 4.48. The fourth-order valence-electron chi connectivity index (χ4n) is 4.46. The SMILES string of the molecule is CCc1ccc(F)c(CN2CCC3(CC2)CN(C(=O)c2csc(C(C)C)n2)CCO3)c1. The van der Waals surface area contributed by atoms with Crippen molar-refractivity contribution in [2.75, 3.05) is 32.8 Å². The molecule has 2 saturated heterocycles. The van der Waals surface area contributed by atoms with E-state index in [0.717, 1.165) is 48.5 Å². The molecule has 1 aromatic heterocycles. The Bertz CT molecular complexity index is 921. The second-order valence-corrected chi connectivity index (χ2v) is 9.93. The topological polar surface area (TPSA) is 45.7 Å². The van der Waals surface area contributed by atoms with Gasteiger partial charge in [-0.3, -0.25) is 9.69 Å². The largest absolute Gasteiger partial charge is 0.371 e. The highest BCUT2D eigenvalue weighted by Gasteiger charge is 2.41. The minimum Gasteiger partial charge on any atom is -0.371 e. The van der Waals surface area contributed by atoms with Crippen LogP contribution in [0.15, 0.2) is 23.6 Å². The summed E-state index contributed by atoms with van der Waals surface area (Å²) in [5.74, 6) is 0.202. The lowest BCUT2D eigenvalue weighted by Gasteiger charge is -2.47. The van der Waals surface area contributed by atoms with Gasteiger partial charge in [-0.25, -0.2) is 9.37 Å². The van der Waals surface area contributed by atoms with Crippen LogP contribution in [0.1, 0.15) is 66.2 Å². The van der Waals surface area contributed by atoms with Gasteiger partial charge in [0, 0.05) is 43.0 Å². The number of aryl methyl sites for hydroxylation is 1. The van der Waals surface area contributed by atoms with E-state index in [9.17, 15) is 9.18 Å². The fourth-order valence-corrected chi connectivity index (χ4v) is 5.27. The molecule has 0 radical (unpaired) electrons. The molecule has 4 rings (SSSR count). The molecule has 0 N–H and O–H groups in total. The molecule has 0 atom stereocenters. The highest BCUT2D eigenvalue weighted by atomic mass is 32.1. The lowest BCUT2D eigenvalue weighted by Crippen LogP contribution is -2.58. The van der Waals surface area contributed by atoms with Gasteiger partial charge in [-0.1, -0.05) is 32.9 Å². The molecule has 31 heavy (non-hydrogen) atoms. The molecule has 2 aliphatic rings. The van der Waals surface area contributed by atoms with Crippen molar-refractivity contribution in [3.63, 3.8) is 0 Å². The van der Waals surface area contributed by atoms with Crippen LogP contribution in [0.3, 0.4) is 0 Å². The second kappa shape index (κ2) is 9.35. The van der Waals surface area contributed by atoms with E-state index < -0.39 is 0 Å². The van der Waals surface area contributed by atoms with Crippen molar-refractivity contribution in [3.05, 3.63) is 51.2 Å². The maximum atomic E-state index is 14.3. The number of ether oxygens (including phenoxy) is 1. The molecule has 0 unspecified atom stereocenters. The van der Waals surface area contributed by atoms with E-state index in [1.165, 1.54) is 0 Å².